The molecule has 0 spiro atoms. The summed E-state index contributed by atoms with van der Waals surface area (Å²) >= 11 is 0. The van der Waals surface area contributed by atoms with Crippen LogP contribution in [0.2, 0.25) is 0 Å². The summed E-state index contributed by atoms with van der Waals surface area (Å²) in [5.41, 5.74) is -3.35. The topological polar surface area (TPSA) is 99.8 Å². The highest BCUT2D eigenvalue weighted by molar-refractivity contribution is 14.0. The molecule has 0 radical (unpaired) electrons. The Balaban J connectivity index is 0.00000420. The third kappa shape index (κ3) is 6.70. The molecule has 29 heavy (non-hydrogen) atoms. The number of alkyl halides is 3. The van der Waals surface area contributed by atoms with E-state index in [2.05, 4.69) is 20.8 Å². The van der Waals surface area contributed by atoms with E-state index in [1.54, 1.807) is 7.05 Å². The Labute approximate surface area is 185 Å². The quantitative estimate of drug-likeness (QED) is 0.319. The van der Waals surface area contributed by atoms with E-state index < -0.39 is 15.5 Å². The van der Waals surface area contributed by atoms with Gasteiger partial charge in [0.1, 0.15) is 5.76 Å². The molecule has 2 N–H and O–H groups in total. The van der Waals surface area contributed by atoms with Crippen LogP contribution in [0, 0.1) is 19.8 Å². The van der Waals surface area contributed by atoms with Crippen LogP contribution in [-0.4, -0.2) is 62.6 Å². The molecule has 1 saturated heterocycles. The van der Waals surface area contributed by atoms with Crippen molar-refractivity contribution in [2.45, 2.75) is 38.6 Å². The van der Waals surface area contributed by atoms with Crippen LogP contribution in [0.15, 0.2) is 9.52 Å². The summed E-state index contributed by atoms with van der Waals surface area (Å²) in [5, 5.41) is 10.2. The van der Waals surface area contributed by atoms with Crippen molar-refractivity contribution in [1.82, 2.24) is 20.1 Å². The molecule has 1 aliphatic rings. The van der Waals surface area contributed by atoms with Gasteiger partial charge in [0.2, 0.25) is 0 Å². The minimum atomic E-state index is -5.24. The normalized spacial score (nSPS) is 17.1. The molecule has 2 rings (SSSR count). The molecule has 0 amide bonds. The summed E-state index contributed by atoms with van der Waals surface area (Å²) in [7, 11) is -3.61. The van der Waals surface area contributed by atoms with Crippen molar-refractivity contribution in [3.05, 3.63) is 17.0 Å². The fourth-order valence-electron chi connectivity index (χ4n) is 3.13. The van der Waals surface area contributed by atoms with Gasteiger partial charge in [0.05, 0.1) is 5.69 Å². The second kappa shape index (κ2) is 10.8. The Kier molecular flexibility index (Phi) is 9.66. The zero-order valence-corrected chi connectivity index (χ0v) is 19.7. The maximum absolute atomic E-state index is 12.6. The number of piperidine rings is 1. The summed E-state index contributed by atoms with van der Waals surface area (Å²) in [6.07, 6.45) is 1.44. The van der Waals surface area contributed by atoms with Crippen molar-refractivity contribution in [3.8, 4) is 0 Å². The fraction of sp³-hybridized carbons (Fsp3) is 0.750. The fourth-order valence-corrected chi connectivity index (χ4v) is 4.11. The van der Waals surface area contributed by atoms with Crippen LogP contribution in [0.25, 0.3) is 0 Å². The molecule has 8 nitrogen and oxygen atoms in total. The van der Waals surface area contributed by atoms with Gasteiger partial charge in [-0.05, 0) is 39.0 Å². The van der Waals surface area contributed by atoms with Gasteiger partial charge in [-0.3, -0.25) is 4.99 Å². The van der Waals surface area contributed by atoms with Crippen LogP contribution < -0.4 is 10.6 Å². The van der Waals surface area contributed by atoms with Gasteiger partial charge in [0, 0.05) is 38.8 Å². The van der Waals surface area contributed by atoms with Crippen molar-refractivity contribution < 1.29 is 26.1 Å². The van der Waals surface area contributed by atoms with E-state index in [1.165, 1.54) is 0 Å². The summed E-state index contributed by atoms with van der Waals surface area (Å²) in [6, 6.07) is 0. The molecule has 2 heterocycles. The summed E-state index contributed by atoms with van der Waals surface area (Å²) in [5.74, 6) is 1.43. The molecule has 0 atom stereocenters. The summed E-state index contributed by atoms with van der Waals surface area (Å²) in [6.45, 7) is 4.59. The molecule has 0 aromatic carbocycles. The monoisotopic (exact) mass is 553 g/mol. The zero-order chi connectivity index (χ0) is 20.9. The van der Waals surface area contributed by atoms with Crippen LogP contribution in [0.1, 0.15) is 29.9 Å². The van der Waals surface area contributed by atoms with Gasteiger partial charge in [0.15, 0.2) is 5.96 Å². The lowest BCUT2D eigenvalue weighted by Gasteiger charge is -2.31. The zero-order valence-electron chi connectivity index (χ0n) is 16.5. The number of aliphatic imine (C=N–C) groups is 1. The van der Waals surface area contributed by atoms with Crippen LogP contribution in [0.4, 0.5) is 13.2 Å². The van der Waals surface area contributed by atoms with Crippen LogP contribution in [0.3, 0.4) is 0 Å². The molecule has 0 aliphatic carbocycles. The Morgan fingerprint density at radius 1 is 1.28 bits per heavy atom. The van der Waals surface area contributed by atoms with Gasteiger partial charge >= 0.3 is 15.5 Å². The molecule has 1 aromatic heterocycles. The van der Waals surface area contributed by atoms with Crippen LogP contribution >= 0.6 is 24.0 Å². The Hall–Kier alpha value is -1.09. The highest BCUT2D eigenvalue weighted by Gasteiger charge is 2.50. The molecule has 0 unspecified atom stereocenters. The van der Waals surface area contributed by atoms with E-state index >= 15 is 0 Å². The number of nitrogens with zero attached hydrogens (tertiary/aromatic N) is 3. The highest BCUT2D eigenvalue weighted by atomic mass is 127. The predicted octanol–water partition coefficient (Wildman–Crippen LogP) is 2.18. The van der Waals surface area contributed by atoms with E-state index in [9.17, 15) is 21.6 Å². The van der Waals surface area contributed by atoms with Gasteiger partial charge in [-0.15, -0.1) is 24.0 Å². The highest BCUT2D eigenvalue weighted by Crippen LogP contribution is 2.30. The van der Waals surface area contributed by atoms with Crippen molar-refractivity contribution in [1.29, 1.82) is 0 Å². The van der Waals surface area contributed by atoms with Gasteiger partial charge < -0.3 is 15.2 Å². The number of sulfonamides is 1. The number of rotatable bonds is 6. The minimum absolute atomic E-state index is 0. The van der Waals surface area contributed by atoms with E-state index in [-0.39, 0.29) is 43.0 Å². The first-order valence-electron chi connectivity index (χ1n) is 8.99. The van der Waals surface area contributed by atoms with Crippen molar-refractivity contribution in [3.63, 3.8) is 0 Å². The van der Waals surface area contributed by atoms with Crippen LogP contribution in [-0.2, 0) is 16.4 Å². The lowest BCUT2D eigenvalue weighted by atomic mass is 9.98. The number of aromatic nitrogens is 1. The van der Waals surface area contributed by atoms with Crippen molar-refractivity contribution in [2.75, 3.05) is 33.2 Å². The standard InChI is InChI=1S/C16H26F3N5O3S.HI/c1-11-14(12(2)27-23-11)4-7-21-15(20-3)22-10-13-5-8-24(9-6-13)28(25,26)16(17,18)19;/h13H,4-10H2,1-3H3,(H2,20,21,22);1H. The van der Waals surface area contributed by atoms with E-state index in [4.69, 9.17) is 4.52 Å². The largest absolute Gasteiger partial charge is 0.511 e. The maximum atomic E-state index is 12.6. The molecule has 13 heteroatoms. The Bertz CT molecular complexity index is 771. The summed E-state index contributed by atoms with van der Waals surface area (Å²) < 4.78 is 66.3. The average Bonchev–Trinajstić information content (AvgIpc) is 2.95. The van der Waals surface area contributed by atoms with Crippen LogP contribution in [0.5, 0.6) is 0 Å². The van der Waals surface area contributed by atoms with Gasteiger partial charge in [0.25, 0.3) is 0 Å². The number of hydrogen-bond donors (Lipinski definition) is 2. The molecule has 0 saturated carbocycles. The Morgan fingerprint density at radius 2 is 1.90 bits per heavy atom. The van der Waals surface area contributed by atoms with E-state index in [1.807, 2.05) is 13.8 Å². The molecule has 1 aliphatic heterocycles. The number of halogens is 4. The van der Waals surface area contributed by atoms with Crippen molar-refractivity contribution >= 4 is 40.0 Å². The third-order valence-corrected chi connectivity index (χ3v) is 6.47. The average molecular weight is 553 g/mol. The second-order valence-electron chi connectivity index (χ2n) is 6.73. The number of aryl methyl sites for hydroxylation is 2. The minimum Gasteiger partial charge on any atom is -0.361 e. The molecular formula is C16H27F3IN5O3S. The number of hydrogen-bond acceptors (Lipinski definition) is 5. The first-order valence-corrected chi connectivity index (χ1v) is 10.4. The number of guanidine groups is 1. The first kappa shape index (κ1) is 25.9. The number of nitrogens with one attached hydrogen (secondary N) is 2. The van der Waals surface area contributed by atoms with Crippen molar-refractivity contribution in [2.24, 2.45) is 10.9 Å². The Morgan fingerprint density at radius 3 is 2.38 bits per heavy atom. The van der Waals surface area contributed by atoms with Gasteiger partial charge in [-0.2, -0.15) is 17.5 Å². The lowest BCUT2D eigenvalue weighted by Crippen LogP contribution is -2.47. The smallest absolute Gasteiger partial charge is 0.361 e. The van der Waals surface area contributed by atoms with E-state index in [0.717, 1.165) is 23.4 Å². The first-order chi connectivity index (χ1) is 13.1. The lowest BCUT2D eigenvalue weighted by molar-refractivity contribution is -0.0496. The SMILES string of the molecule is CN=C(NCCc1c(C)noc1C)NCC1CCN(S(=O)(=O)C(F)(F)F)CC1.I. The maximum Gasteiger partial charge on any atom is 0.511 e. The third-order valence-electron chi connectivity index (χ3n) is 4.84. The summed E-state index contributed by atoms with van der Waals surface area (Å²) in [4.78, 5) is 4.12. The molecule has 168 valence electrons. The molecular weight excluding hydrogens is 526 g/mol. The predicted molar refractivity (Wildman–Crippen MR) is 114 cm³/mol. The van der Waals surface area contributed by atoms with Gasteiger partial charge in [-0.25, -0.2) is 8.42 Å². The van der Waals surface area contributed by atoms with E-state index in [0.29, 0.717) is 36.2 Å². The second-order valence-corrected chi connectivity index (χ2v) is 8.66. The molecule has 0 bridgehead atoms. The molecule has 1 aromatic rings. The molecule has 1 fully saturated rings. The van der Waals surface area contributed by atoms with Gasteiger partial charge in [-0.1, -0.05) is 5.16 Å².